The van der Waals surface area contributed by atoms with E-state index in [1.54, 1.807) is 55.7 Å². The van der Waals surface area contributed by atoms with Gasteiger partial charge in [-0.1, -0.05) is 59.6 Å². The van der Waals surface area contributed by atoms with Crippen LogP contribution in [0.25, 0.3) is 44.3 Å². The number of aromatic nitrogens is 6. The second-order valence-electron chi connectivity index (χ2n) is 16.0. The van der Waals surface area contributed by atoms with Crippen LogP contribution in [0.15, 0.2) is 87.8 Å². The molecule has 4 fully saturated rings. The van der Waals surface area contributed by atoms with E-state index in [-0.39, 0.29) is 40.6 Å². The Labute approximate surface area is 399 Å². The Morgan fingerprint density at radius 3 is 1.48 bits per heavy atom. The standard InChI is InChI=1S/C18H17ClN4O2.C15H12ClN3O3S.C5H11NO.2C4H9NO/c1-23-16-11(10-20-18(22-16)21-15-7-4-8-25-15)9-13(17(23)24)12-5-2-3-6-14(12)19;1-19-13-9(8-17-15(18-13)23(2,21)22)7-11(14(19)20)10-5-3-4-6-12(10)16;1-6-5-3-2-4-7-5;2*5-4-2-1-3-6-4/h2-3,5-6,9-10,15H,4,7-8H2,1H3,(H,20,21,22);3-8H,1-2H3;5-6H,2-4H2,1H3;2*4H,1-3,5H2. The molecule has 2 aromatic carbocycles. The number of aryl methyl sites for hydroxylation is 2. The fourth-order valence-electron chi connectivity index (χ4n) is 7.32. The summed E-state index contributed by atoms with van der Waals surface area (Å²) in [5.41, 5.74) is 13.2. The second kappa shape index (κ2) is 24.4. The van der Waals surface area contributed by atoms with Gasteiger partial charge in [-0.05, 0) is 82.7 Å². The Morgan fingerprint density at radius 2 is 1.09 bits per heavy atom. The highest BCUT2D eigenvalue weighted by molar-refractivity contribution is 7.90. The topological polar surface area (TPSA) is 243 Å². The van der Waals surface area contributed by atoms with Crippen molar-refractivity contribution in [3.05, 3.63) is 104 Å². The summed E-state index contributed by atoms with van der Waals surface area (Å²) < 4.78 is 46.6. The van der Waals surface area contributed by atoms with Crippen LogP contribution in [0.4, 0.5) is 5.95 Å². The average molecular weight is 982 g/mol. The lowest BCUT2D eigenvalue weighted by molar-refractivity contribution is 0.0908. The number of nitrogens with one attached hydrogen (secondary N) is 2. The van der Waals surface area contributed by atoms with Crippen molar-refractivity contribution in [1.82, 2.24) is 34.4 Å². The molecule has 21 heteroatoms. The summed E-state index contributed by atoms with van der Waals surface area (Å²) >= 11 is 12.4. The molecule has 0 bridgehead atoms. The molecule has 4 aliphatic rings. The molecule has 4 saturated heterocycles. The number of anilines is 1. The van der Waals surface area contributed by atoms with Gasteiger partial charge in [0, 0.05) is 102 Å². The van der Waals surface area contributed by atoms with Gasteiger partial charge in [-0.3, -0.25) is 24.0 Å². The summed E-state index contributed by atoms with van der Waals surface area (Å²) in [6.45, 7) is 3.40. The highest BCUT2D eigenvalue weighted by atomic mass is 35.5. The zero-order valence-electron chi connectivity index (χ0n) is 38.0. The minimum atomic E-state index is -3.55. The first-order chi connectivity index (χ1) is 32.1. The molecule has 0 amide bonds. The molecule has 6 aromatic rings. The summed E-state index contributed by atoms with van der Waals surface area (Å²) in [6, 6.07) is 17.7. The number of hydrogen-bond donors (Lipinski definition) is 4. The van der Waals surface area contributed by atoms with Crippen molar-refractivity contribution < 1.29 is 27.4 Å². The van der Waals surface area contributed by atoms with E-state index in [9.17, 15) is 18.0 Å². The molecule has 10 rings (SSSR count). The minimum absolute atomic E-state index is 0.0463. The van der Waals surface area contributed by atoms with E-state index < -0.39 is 9.84 Å². The Bertz CT molecular complexity index is 2810. The van der Waals surface area contributed by atoms with Gasteiger partial charge in [-0.15, -0.1) is 0 Å². The van der Waals surface area contributed by atoms with Crippen LogP contribution in [-0.4, -0.2) is 102 Å². The van der Waals surface area contributed by atoms with Crippen LogP contribution < -0.4 is 33.2 Å². The third kappa shape index (κ3) is 14.1. The predicted molar refractivity (Wildman–Crippen MR) is 261 cm³/mol. The number of rotatable bonds is 6. The molecule has 18 nitrogen and oxygen atoms in total. The summed E-state index contributed by atoms with van der Waals surface area (Å²) in [7, 11) is 1.61. The number of sulfone groups is 1. The van der Waals surface area contributed by atoms with Crippen molar-refractivity contribution >= 4 is 61.1 Å². The monoisotopic (exact) mass is 980 g/mol. The molecule has 67 heavy (non-hydrogen) atoms. The molecule has 4 atom stereocenters. The Morgan fingerprint density at radius 1 is 0.642 bits per heavy atom. The highest BCUT2D eigenvalue weighted by Gasteiger charge is 2.19. The maximum absolute atomic E-state index is 12.8. The van der Waals surface area contributed by atoms with Crippen LogP contribution >= 0.6 is 23.2 Å². The largest absolute Gasteiger partial charge is 0.364 e. The van der Waals surface area contributed by atoms with Gasteiger partial charge in [0.15, 0.2) is 0 Å². The fraction of sp³-hybridized carbons (Fsp3) is 0.435. The van der Waals surface area contributed by atoms with Gasteiger partial charge in [0.2, 0.25) is 20.9 Å². The van der Waals surface area contributed by atoms with Crippen LogP contribution in [0.1, 0.15) is 51.4 Å². The van der Waals surface area contributed by atoms with Crippen molar-refractivity contribution in [3.63, 3.8) is 0 Å². The van der Waals surface area contributed by atoms with Gasteiger partial charge in [0.25, 0.3) is 11.1 Å². The molecule has 0 aliphatic carbocycles. The van der Waals surface area contributed by atoms with Crippen LogP contribution in [-0.2, 0) is 42.9 Å². The third-order valence-corrected chi connectivity index (χ3v) is 12.5. The number of halogens is 2. The van der Waals surface area contributed by atoms with Crippen LogP contribution in [0.2, 0.25) is 10.0 Å². The van der Waals surface area contributed by atoms with Gasteiger partial charge in [0.1, 0.15) is 36.2 Å². The van der Waals surface area contributed by atoms with E-state index in [0.717, 1.165) is 76.6 Å². The quantitative estimate of drug-likeness (QED) is 0.145. The summed E-state index contributed by atoms with van der Waals surface area (Å²) in [5, 5.41) is 8.20. The number of ether oxygens (including phenoxy) is 4. The summed E-state index contributed by atoms with van der Waals surface area (Å²) in [4.78, 5) is 42.1. The maximum Gasteiger partial charge on any atom is 0.259 e. The number of benzene rings is 2. The van der Waals surface area contributed by atoms with E-state index in [0.29, 0.717) is 55.5 Å². The fourth-order valence-corrected chi connectivity index (χ4v) is 8.29. The van der Waals surface area contributed by atoms with Crippen LogP contribution in [0.3, 0.4) is 0 Å². The number of fused-ring (bicyclic) bond motifs is 2. The normalized spacial score (nSPS) is 19.9. The number of nitrogens with two attached hydrogens (primary N) is 2. The van der Waals surface area contributed by atoms with E-state index in [1.807, 2.05) is 25.2 Å². The zero-order chi connectivity index (χ0) is 48.1. The first-order valence-corrected chi connectivity index (χ1v) is 24.6. The predicted octanol–water partition coefficient (Wildman–Crippen LogP) is 5.76. The van der Waals surface area contributed by atoms with Gasteiger partial charge in [-0.2, -0.15) is 9.97 Å². The van der Waals surface area contributed by atoms with Gasteiger partial charge < -0.3 is 35.7 Å². The van der Waals surface area contributed by atoms with E-state index in [1.165, 1.54) is 35.2 Å². The van der Waals surface area contributed by atoms with Gasteiger partial charge >= 0.3 is 0 Å². The van der Waals surface area contributed by atoms with Crippen LogP contribution in [0.5, 0.6) is 0 Å². The highest BCUT2D eigenvalue weighted by Crippen LogP contribution is 2.28. The lowest BCUT2D eigenvalue weighted by Crippen LogP contribution is -2.22. The molecule has 4 unspecified atom stereocenters. The molecule has 6 N–H and O–H groups in total. The first kappa shape index (κ1) is 51.5. The number of hydrogen-bond acceptors (Lipinski definition) is 16. The SMILES string of the molecule is CNC1CCCO1.Cn1c(=O)c(-c2ccccc2Cl)cc2cnc(NC3CCCO3)nc21.Cn1c(=O)c(-c2ccccc2Cl)cc2cnc(S(C)(=O)=O)nc21.NC1CCCO1.NC1CCCO1. The first-order valence-electron chi connectivity index (χ1n) is 22.0. The van der Waals surface area contributed by atoms with Crippen molar-refractivity contribution in [1.29, 1.82) is 0 Å². The van der Waals surface area contributed by atoms with E-state index >= 15 is 0 Å². The van der Waals surface area contributed by atoms with Crippen LogP contribution in [0, 0.1) is 0 Å². The molecule has 4 aromatic heterocycles. The number of pyridine rings is 2. The third-order valence-electron chi connectivity index (χ3n) is 10.9. The lowest BCUT2D eigenvalue weighted by Gasteiger charge is -2.13. The summed E-state index contributed by atoms with van der Waals surface area (Å²) in [5.74, 6) is 0.458. The maximum atomic E-state index is 12.8. The lowest BCUT2D eigenvalue weighted by atomic mass is 10.1. The van der Waals surface area contributed by atoms with Gasteiger partial charge in [-0.25, -0.2) is 18.4 Å². The van der Waals surface area contributed by atoms with Crippen molar-refractivity contribution in [2.75, 3.05) is 45.0 Å². The van der Waals surface area contributed by atoms with E-state index in [4.69, 9.17) is 53.6 Å². The summed E-state index contributed by atoms with van der Waals surface area (Å²) in [6.07, 6.45) is 13.2. The van der Waals surface area contributed by atoms with Crippen molar-refractivity contribution in [3.8, 4) is 22.3 Å². The smallest absolute Gasteiger partial charge is 0.259 e. The van der Waals surface area contributed by atoms with Crippen molar-refractivity contribution in [2.45, 2.75) is 81.4 Å². The van der Waals surface area contributed by atoms with Gasteiger partial charge in [0.05, 0.1) is 0 Å². The average Bonchev–Trinajstić information content (AvgIpc) is 4.19. The molecule has 0 spiro atoms. The molecule has 0 saturated carbocycles. The minimum Gasteiger partial charge on any atom is -0.364 e. The zero-order valence-corrected chi connectivity index (χ0v) is 40.3. The van der Waals surface area contributed by atoms with E-state index in [2.05, 4.69) is 30.6 Å². The molecule has 8 heterocycles. The molecule has 0 radical (unpaired) electrons. The Hall–Kier alpha value is -4.93. The molecular weight excluding hydrogens is 924 g/mol. The molecule has 360 valence electrons. The molecular formula is C46H58Cl2N10O8S. The van der Waals surface area contributed by atoms with Crippen molar-refractivity contribution in [2.24, 2.45) is 25.6 Å². The second-order valence-corrected chi connectivity index (χ2v) is 18.7. The Kier molecular flexibility index (Phi) is 18.7. The Balaban J connectivity index is 0.000000159. The molecule has 4 aliphatic heterocycles. The number of nitrogens with zero attached hydrogens (tertiary/aromatic N) is 6.